The van der Waals surface area contributed by atoms with E-state index < -0.39 is 0 Å². The van der Waals surface area contributed by atoms with Gasteiger partial charge in [0, 0.05) is 32.1 Å². The average molecular weight is 464 g/mol. The molecule has 2 unspecified atom stereocenters. The summed E-state index contributed by atoms with van der Waals surface area (Å²) in [7, 11) is 3.53. The highest BCUT2D eigenvalue weighted by atomic mass is 127. The minimum Gasteiger partial charge on any atom is -0.351 e. The molecule has 1 amide bonds. The number of thiophene rings is 1. The van der Waals surface area contributed by atoms with Crippen molar-refractivity contribution in [3.63, 3.8) is 0 Å². The average Bonchev–Trinajstić information content (AvgIpc) is 2.99. The van der Waals surface area contributed by atoms with E-state index in [-0.39, 0.29) is 36.4 Å². The summed E-state index contributed by atoms with van der Waals surface area (Å²) >= 11 is 1.73. The van der Waals surface area contributed by atoms with E-state index in [1.165, 1.54) is 11.3 Å². The molecule has 1 saturated heterocycles. The third-order valence-corrected chi connectivity index (χ3v) is 4.91. The van der Waals surface area contributed by atoms with Crippen molar-refractivity contribution in [2.24, 2.45) is 16.8 Å². The number of hydrogen-bond acceptors (Lipinski definition) is 3. The van der Waals surface area contributed by atoms with Gasteiger partial charge in [-0.05, 0) is 29.7 Å². The maximum atomic E-state index is 11.9. The third kappa shape index (κ3) is 6.58. The van der Waals surface area contributed by atoms with E-state index in [1.54, 1.807) is 30.3 Å². The van der Waals surface area contributed by atoms with Crippen molar-refractivity contribution in [3.05, 3.63) is 22.4 Å². The molecule has 1 aliphatic rings. The lowest BCUT2D eigenvalue weighted by atomic mass is 9.92. The molecule has 136 valence electrons. The van der Waals surface area contributed by atoms with E-state index in [9.17, 15) is 4.79 Å². The highest BCUT2D eigenvalue weighted by Crippen LogP contribution is 2.21. The van der Waals surface area contributed by atoms with Gasteiger partial charge in [-0.25, -0.2) is 4.99 Å². The standard InChI is InChI=1S/C17H28N4OS.HI/c1-13-8-14(2)12-21(11-13)17(19-10-16(22)20(3)4)18-9-15-6-5-7-23-15;/h5-7,13-14H,8-12H2,1-4H3,(H,18,19);1H. The van der Waals surface area contributed by atoms with E-state index in [1.807, 2.05) is 0 Å². The van der Waals surface area contributed by atoms with Crippen LogP contribution in [0, 0.1) is 11.8 Å². The molecule has 24 heavy (non-hydrogen) atoms. The number of carbonyl (C=O) groups excluding carboxylic acids is 1. The van der Waals surface area contributed by atoms with E-state index in [4.69, 9.17) is 0 Å². The van der Waals surface area contributed by atoms with E-state index in [2.05, 4.69) is 46.6 Å². The van der Waals surface area contributed by atoms with Gasteiger partial charge in [-0.3, -0.25) is 4.79 Å². The number of rotatable bonds is 4. The number of amides is 1. The molecule has 1 aromatic heterocycles. The van der Waals surface area contributed by atoms with Crippen LogP contribution in [0.25, 0.3) is 0 Å². The summed E-state index contributed by atoms with van der Waals surface area (Å²) in [5.74, 6) is 2.18. The molecule has 0 radical (unpaired) electrons. The third-order valence-electron chi connectivity index (χ3n) is 4.03. The van der Waals surface area contributed by atoms with Gasteiger partial charge in [0.1, 0.15) is 6.54 Å². The molecule has 1 aliphatic heterocycles. The monoisotopic (exact) mass is 464 g/mol. The molecular weight excluding hydrogens is 435 g/mol. The molecule has 5 nitrogen and oxygen atoms in total. The van der Waals surface area contributed by atoms with Gasteiger partial charge in [0.15, 0.2) is 5.96 Å². The fourth-order valence-electron chi connectivity index (χ4n) is 2.97. The lowest BCUT2D eigenvalue weighted by Gasteiger charge is -2.37. The van der Waals surface area contributed by atoms with E-state index in [0.717, 1.165) is 25.6 Å². The normalized spacial score (nSPS) is 21.2. The van der Waals surface area contributed by atoms with Crippen molar-refractivity contribution in [3.8, 4) is 0 Å². The van der Waals surface area contributed by atoms with Gasteiger partial charge in [-0.1, -0.05) is 19.9 Å². The van der Waals surface area contributed by atoms with Crippen LogP contribution in [-0.4, -0.2) is 55.4 Å². The van der Waals surface area contributed by atoms with Crippen molar-refractivity contribution in [2.75, 3.05) is 33.7 Å². The first-order chi connectivity index (χ1) is 11.0. The first kappa shape index (κ1) is 21.2. The number of halogens is 1. The zero-order valence-corrected chi connectivity index (χ0v) is 18.1. The summed E-state index contributed by atoms with van der Waals surface area (Å²) in [6.45, 7) is 7.51. The molecule has 7 heteroatoms. The Morgan fingerprint density at radius 3 is 2.58 bits per heavy atom. The van der Waals surface area contributed by atoms with Crippen LogP contribution in [-0.2, 0) is 11.3 Å². The highest BCUT2D eigenvalue weighted by molar-refractivity contribution is 14.0. The van der Waals surface area contributed by atoms with Crippen LogP contribution in [0.4, 0.5) is 0 Å². The number of hydrogen-bond donors (Lipinski definition) is 1. The molecule has 0 saturated carbocycles. The second-order valence-corrected chi connectivity index (χ2v) is 7.74. The number of piperidine rings is 1. The molecule has 0 aromatic carbocycles. The van der Waals surface area contributed by atoms with Crippen LogP contribution >= 0.6 is 35.3 Å². The van der Waals surface area contributed by atoms with Gasteiger partial charge < -0.3 is 15.1 Å². The van der Waals surface area contributed by atoms with Gasteiger partial charge >= 0.3 is 0 Å². The fourth-order valence-corrected chi connectivity index (χ4v) is 3.61. The molecule has 2 atom stereocenters. The zero-order valence-electron chi connectivity index (χ0n) is 15.0. The van der Waals surface area contributed by atoms with Crippen molar-refractivity contribution in [1.29, 1.82) is 0 Å². The second-order valence-electron chi connectivity index (χ2n) is 6.71. The summed E-state index contributed by atoms with van der Waals surface area (Å²) in [6, 6.07) is 4.17. The molecule has 2 heterocycles. The number of aliphatic imine (C=N–C) groups is 1. The Balaban J connectivity index is 0.00000288. The Kier molecular flexibility index (Phi) is 9.04. The minimum atomic E-state index is 0. The van der Waals surface area contributed by atoms with Crippen LogP contribution < -0.4 is 5.32 Å². The minimum absolute atomic E-state index is 0. The van der Waals surface area contributed by atoms with Gasteiger partial charge in [-0.15, -0.1) is 35.3 Å². The van der Waals surface area contributed by atoms with E-state index >= 15 is 0 Å². The molecule has 2 rings (SSSR count). The predicted molar refractivity (Wildman–Crippen MR) is 112 cm³/mol. The zero-order chi connectivity index (χ0) is 16.8. The van der Waals surface area contributed by atoms with Gasteiger partial charge in [-0.2, -0.15) is 0 Å². The largest absolute Gasteiger partial charge is 0.351 e. The Morgan fingerprint density at radius 2 is 2.04 bits per heavy atom. The van der Waals surface area contributed by atoms with Crippen molar-refractivity contribution in [2.45, 2.75) is 26.8 Å². The fraction of sp³-hybridized carbons (Fsp3) is 0.647. The van der Waals surface area contributed by atoms with Crippen molar-refractivity contribution < 1.29 is 4.79 Å². The number of carbonyl (C=O) groups is 1. The van der Waals surface area contributed by atoms with Gasteiger partial charge in [0.05, 0.1) is 6.54 Å². The van der Waals surface area contributed by atoms with Gasteiger partial charge in [0.25, 0.3) is 0 Å². The highest BCUT2D eigenvalue weighted by Gasteiger charge is 2.24. The van der Waals surface area contributed by atoms with Crippen molar-refractivity contribution >= 4 is 47.2 Å². The molecule has 1 N–H and O–H groups in total. The number of likely N-dealkylation sites (tertiary alicyclic amines) is 1. The van der Waals surface area contributed by atoms with Crippen molar-refractivity contribution in [1.82, 2.24) is 15.1 Å². The molecule has 1 fully saturated rings. The van der Waals surface area contributed by atoms with Crippen LogP contribution in [0.2, 0.25) is 0 Å². The summed E-state index contributed by atoms with van der Waals surface area (Å²) in [5, 5.41) is 5.52. The predicted octanol–water partition coefficient (Wildman–Crippen LogP) is 2.88. The van der Waals surface area contributed by atoms with Crippen LogP contribution in [0.1, 0.15) is 25.1 Å². The molecule has 0 spiro atoms. The SMILES string of the molecule is CC1CC(C)CN(C(=NCC(=O)N(C)C)NCc2cccs2)C1.I. The first-order valence-electron chi connectivity index (χ1n) is 8.21. The van der Waals surface area contributed by atoms with Crippen LogP contribution in [0.3, 0.4) is 0 Å². The van der Waals surface area contributed by atoms with Crippen LogP contribution in [0.5, 0.6) is 0 Å². The lowest BCUT2D eigenvalue weighted by molar-refractivity contribution is -0.127. The topological polar surface area (TPSA) is 47.9 Å². The molecule has 1 aromatic rings. The second kappa shape index (κ2) is 10.2. The maximum Gasteiger partial charge on any atom is 0.243 e. The summed E-state index contributed by atoms with van der Waals surface area (Å²) in [6.07, 6.45) is 1.26. The summed E-state index contributed by atoms with van der Waals surface area (Å²) in [4.78, 5) is 21.6. The van der Waals surface area contributed by atoms with Crippen LogP contribution in [0.15, 0.2) is 22.5 Å². The Labute approximate surface area is 166 Å². The number of nitrogens with zero attached hydrogens (tertiary/aromatic N) is 3. The summed E-state index contributed by atoms with van der Waals surface area (Å²) in [5.41, 5.74) is 0. The summed E-state index contributed by atoms with van der Waals surface area (Å²) < 4.78 is 0. The maximum absolute atomic E-state index is 11.9. The molecule has 0 bridgehead atoms. The molecular formula is C17H29IN4OS. The first-order valence-corrected chi connectivity index (χ1v) is 9.09. The Hall–Kier alpha value is -0.830. The Bertz CT molecular complexity index is 523. The number of likely N-dealkylation sites (N-methyl/N-ethyl adjacent to an activating group) is 1. The Morgan fingerprint density at radius 1 is 1.38 bits per heavy atom. The number of guanidine groups is 1. The van der Waals surface area contributed by atoms with Gasteiger partial charge in [0.2, 0.25) is 5.91 Å². The smallest absolute Gasteiger partial charge is 0.243 e. The van der Waals surface area contributed by atoms with E-state index in [0.29, 0.717) is 11.8 Å². The lowest BCUT2D eigenvalue weighted by Crippen LogP contribution is -2.48. The number of nitrogens with one attached hydrogen (secondary N) is 1. The molecule has 0 aliphatic carbocycles. The quantitative estimate of drug-likeness (QED) is 0.424.